The lowest BCUT2D eigenvalue weighted by Gasteiger charge is -2.36. The second-order valence-electron chi connectivity index (χ2n) is 8.00. The summed E-state index contributed by atoms with van der Waals surface area (Å²) in [5.74, 6) is -1.78. The Morgan fingerprint density at radius 1 is 1.10 bits per heavy atom. The maximum atomic E-state index is 14.1. The van der Waals surface area contributed by atoms with Crippen LogP contribution >= 0.6 is 0 Å². The molecule has 2 aliphatic rings. The minimum absolute atomic E-state index is 0.0485. The normalized spacial score (nSPS) is 18.6. The van der Waals surface area contributed by atoms with Crippen molar-refractivity contribution >= 4 is 15.7 Å². The third kappa shape index (κ3) is 4.90. The number of rotatable bonds is 6. The second kappa shape index (κ2) is 9.20. The molecule has 1 unspecified atom stereocenters. The van der Waals surface area contributed by atoms with E-state index in [4.69, 9.17) is 4.74 Å². The molecule has 2 aliphatic heterocycles. The van der Waals surface area contributed by atoms with Crippen LogP contribution in [-0.4, -0.2) is 59.8 Å². The van der Waals surface area contributed by atoms with Gasteiger partial charge in [-0.1, -0.05) is 12.1 Å². The van der Waals surface area contributed by atoms with Gasteiger partial charge in [0.15, 0.2) is 0 Å². The molecule has 2 aromatic carbocycles. The number of sulfonamides is 1. The summed E-state index contributed by atoms with van der Waals surface area (Å²) in [5, 5.41) is 0. The van der Waals surface area contributed by atoms with Gasteiger partial charge in [0, 0.05) is 45.0 Å². The topological polar surface area (TPSA) is 61.9 Å². The molecule has 2 aromatic rings. The van der Waals surface area contributed by atoms with Gasteiger partial charge in [-0.3, -0.25) is 4.90 Å². The Labute approximate surface area is 181 Å². The minimum atomic E-state index is -4.21. The highest BCUT2D eigenvalue weighted by Crippen LogP contribution is 2.31. The Balaban J connectivity index is 1.61. The Hall–Kier alpha value is -2.07. The van der Waals surface area contributed by atoms with Crippen molar-refractivity contribution in [2.45, 2.75) is 23.8 Å². The van der Waals surface area contributed by atoms with Gasteiger partial charge in [-0.05, 0) is 48.2 Å². The Morgan fingerprint density at radius 2 is 1.87 bits per heavy atom. The highest BCUT2D eigenvalue weighted by atomic mass is 32.2. The number of anilines is 1. The van der Waals surface area contributed by atoms with Crippen LogP contribution in [0.25, 0.3) is 0 Å². The molecule has 2 heterocycles. The van der Waals surface area contributed by atoms with E-state index in [2.05, 4.69) is 33.7 Å². The van der Waals surface area contributed by atoms with Crippen LogP contribution in [0.3, 0.4) is 0 Å². The lowest BCUT2D eigenvalue weighted by Crippen LogP contribution is -2.44. The fourth-order valence-corrected chi connectivity index (χ4v) is 5.43. The maximum absolute atomic E-state index is 14.1. The molecule has 1 atom stereocenters. The molecule has 31 heavy (non-hydrogen) atoms. The predicted octanol–water partition coefficient (Wildman–Crippen LogP) is 2.70. The van der Waals surface area contributed by atoms with Gasteiger partial charge in [-0.15, -0.1) is 0 Å². The number of nitrogens with one attached hydrogen (secondary N) is 1. The summed E-state index contributed by atoms with van der Waals surface area (Å²) < 4.78 is 61.0. The van der Waals surface area contributed by atoms with Crippen LogP contribution in [0.1, 0.15) is 23.6 Å². The van der Waals surface area contributed by atoms with E-state index in [-0.39, 0.29) is 12.6 Å². The summed E-state index contributed by atoms with van der Waals surface area (Å²) in [7, 11) is -2.14. The zero-order valence-corrected chi connectivity index (χ0v) is 18.3. The molecule has 0 radical (unpaired) electrons. The van der Waals surface area contributed by atoms with Crippen LogP contribution in [0.5, 0.6) is 0 Å². The first-order valence-corrected chi connectivity index (χ1v) is 11.9. The van der Waals surface area contributed by atoms with E-state index in [1.165, 1.54) is 11.3 Å². The van der Waals surface area contributed by atoms with Gasteiger partial charge >= 0.3 is 0 Å². The van der Waals surface area contributed by atoms with Gasteiger partial charge in [-0.2, -0.15) is 0 Å². The number of fused-ring (bicyclic) bond motifs is 1. The van der Waals surface area contributed by atoms with Crippen LogP contribution in [0.15, 0.2) is 41.3 Å². The lowest BCUT2D eigenvalue weighted by molar-refractivity contribution is 0.0172. The smallest absolute Gasteiger partial charge is 0.243 e. The number of hydrogen-bond acceptors (Lipinski definition) is 5. The van der Waals surface area contributed by atoms with Crippen LogP contribution in [-0.2, 0) is 21.2 Å². The molecule has 1 saturated heterocycles. The molecule has 168 valence electrons. The lowest BCUT2D eigenvalue weighted by atomic mass is 9.96. The van der Waals surface area contributed by atoms with Gasteiger partial charge < -0.3 is 9.64 Å². The molecular formula is C22H27F2N3O3S. The monoisotopic (exact) mass is 451 g/mol. The van der Waals surface area contributed by atoms with E-state index < -0.39 is 26.6 Å². The molecule has 4 rings (SSSR count). The largest absolute Gasteiger partial charge is 0.379 e. The molecule has 6 nitrogen and oxygen atoms in total. The van der Waals surface area contributed by atoms with E-state index in [1.807, 2.05) is 6.07 Å². The highest BCUT2D eigenvalue weighted by molar-refractivity contribution is 7.89. The summed E-state index contributed by atoms with van der Waals surface area (Å²) in [6.07, 6.45) is 2.05. The Bertz CT molecular complexity index is 1040. The average molecular weight is 452 g/mol. The minimum Gasteiger partial charge on any atom is -0.379 e. The van der Waals surface area contributed by atoms with Crippen molar-refractivity contribution < 1.29 is 21.9 Å². The molecule has 0 amide bonds. The van der Waals surface area contributed by atoms with E-state index in [9.17, 15) is 17.2 Å². The van der Waals surface area contributed by atoms with Gasteiger partial charge in [0.2, 0.25) is 10.0 Å². The van der Waals surface area contributed by atoms with Crippen LogP contribution < -0.4 is 9.62 Å². The van der Waals surface area contributed by atoms with Crippen LogP contribution in [0.2, 0.25) is 0 Å². The number of morpholine rings is 1. The summed E-state index contributed by atoms with van der Waals surface area (Å²) in [5.41, 5.74) is 3.43. The summed E-state index contributed by atoms with van der Waals surface area (Å²) in [6.45, 7) is 3.52. The average Bonchev–Trinajstić information content (AvgIpc) is 2.76. The van der Waals surface area contributed by atoms with Gasteiger partial charge in [0.1, 0.15) is 16.5 Å². The first kappa shape index (κ1) is 22.1. The fourth-order valence-electron chi connectivity index (χ4n) is 4.31. The molecule has 0 bridgehead atoms. The van der Waals surface area contributed by atoms with Crippen LogP contribution in [0, 0.1) is 11.6 Å². The molecule has 0 spiro atoms. The number of ether oxygens (including phenoxy) is 1. The van der Waals surface area contributed by atoms with Crippen LogP contribution in [0.4, 0.5) is 14.5 Å². The molecule has 1 fully saturated rings. The number of nitrogens with zero attached hydrogens (tertiary/aromatic N) is 2. The zero-order chi connectivity index (χ0) is 22.0. The molecule has 0 aromatic heterocycles. The van der Waals surface area contributed by atoms with Gasteiger partial charge in [-0.25, -0.2) is 21.9 Å². The number of hydrogen-bond donors (Lipinski definition) is 1. The maximum Gasteiger partial charge on any atom is 0.243 e. The first-order chi connectivity index (χ1) is 14.8. The van der Waals surface area contributed by atoms with Gasteiger partial charge in [0.25, 0.3) is 0 Å². The fraction of sp³-hybridized carbons (Fsp3) is 0.455. The van der Waals surface area contributed by atoms with Crippen molar-refractivity contribution in [1.82, 2.24) is 9.62 Å². The van der Waals surface area contributed by atoms with Gasteiger partial charge in [0.05, 0.1) is 13.2 Å². The van der Waals surface area contributed by atoms with E-state index in [1.54, 1.807) is 0 Å². The van der Waals surface area contributed by atoms with E-state index in [0.717, 1.165) is 37.1 Å². The standard InChI is InChI=1S/C22H27F2N3O3S/c1-26-8-2-3-16-13-17(4-7-20(16)26)21(27-9-11-30-12-10-27)15-25-31(28,29)22-14-18(23)5-6-19(22)24/h4-7,13-14,21,25H,2-3,8-12,15H2,1H3. The molecule has 9 heteroatoms. The second-order valence-corrected chi connectivity index (χ2v) is 9.74. The number of benzene rings is 2. The van der Waals surface area contributed by atoms with Crippen molar-refractivity contribution in [1.29, 1.82) is 0 Å². The molecular weight excluding hydrogens is 424 g/mol. The van der Waals surface area contributed by atoms with E-state index in [0.29, 0.717) is 32.4 Å². The first-order valence-electron chi connectivity index (χ1n) is 10.5. The predicted molar refractivity (Wildman–Crippen MR) is 115 cm³/mol. The number of aryl methyl sites for hydroxylation is 1. The summed E-state index contributed by atoms with van der Waals surface area (Å²) >= 11 is 0. The summed E-state index contributed by atoms with van der Waals surface area (Å²) in [6, 6.07) is 8.43. The third-order valence-corrected chi connectivity index (χ3v) is 7.41. The molecule has 0 aliphatic carbocycles. The third-order valence-electron chi connectivity index (χ3n) is 5.98. The van der Waals surface area contributed by atoms with Crippen molar-refractivity contribution in [3.63, 3.8) is 0 Å². The summed E-state index contributed by atoms with van der Waals surface area (Å²) in [4.78, 5) is 3.71. The van der Waals surface area contributed by atoms with Crippen molar-refractivity contribution in [2.24, 2.45) is 0 Å². The molecule has 1 N–H and O–H groups in total. The Kier molecular flexibility index (Phi) is 6.57. The zero-order valence-electron chi connectivity index (χ0n) is 17.5. The number of halogens is 2. The van der Waals surface area contributed by atoms with Crippen molar-refractivity contribution in [3.05, 3.63) is 59.2 Å². The van der Waals surface area contributed by atoms with Crippen molar-refractivity contribution in [2.75, 3.05) is 51.3 Å². The SMILES string of the molecule is CN1CCCc2cc(C(CNS(=O)(=O)c3cc(F)ccc3F)N3CCOCC3)ccc21. The van der Waals surface area contributed by atoms with E-state index >= 15 is 0 Å². The quantitative estimate of drug-likeness (QED) is 0.732. The highest BCUT2D eigenvalue weighted by Gasteiger charge is 2.27. The molecule has 0 saturated carbocycles. The van der Waals surface area contributed by atoms with Crippen molar-refractivity contribution in [3.8, 4) is 0 Å². The Morgan fingerprint density at radius 3 is 2.65 bits per heavy atom.